The van der Waals surface area contributed by atoms with E-state index in [0.29, 0.717) is 0 Å². The van der Waals surface area contributed by atoms with Crippen molar-refractivity contribution >= 4 is 10.8 Å². The smallest absolute Gasteiger partial charge is 0.161 e. The molecule has 4 nitrogen and oxygen atoms in total. The zero-order valence-corrected chi connectivity index (χ0v) is 16.7. The molecule has 0 amide bonds. The third-order valence-corrected chi connectivity index (χ3v) is 5.58. The molecule has 3 aromatic carbocycles. The minimum atomic E-state index is 0.172. The lowest BCUT2D eigenvalue weighted by molar-refractivity contribution is 0.241. The molecule has 0 spiro atoms. The quantitative estimate of drug-likeness (QED) is 0.722. The second-order valence-corrected chi connectivity index (χ2v) is 7.22. The van der Waals surface area contributed by atoms with Crippen LogP contribution in [0.1, 0.15) is 23.6 Å². The number of hydrogen-bond acceptors (Lipinski definition) is 4. The zero-order valence-electron chi connectivity index (χ0n) is 16.7. The Balaban J connectivity index is 1.87. The van der Waals surface area contributed by atoms with E-state index in [2.05, 4.69) is 64.8 Å². The molecular formula is C24H28N2O2. The maximum Gasteiger partial charge on any atom is 0.161 e. The van der Waals surface area contributed by atoms with Crippen molar-refractivity contribution in [2.24, 2.45) is 0 Å². The van der Waals surface area contributed by atoms with Crippen molar-refractivity contribution < 1.29 is 9.47 Å². The van der Waals surface area contributed by atoms with Gasteiger partial charge < -0.3 is 14.8 Å². The SMILES string of the molecule is COc1ccc(C(c2cccc3ccccc23)N2CCCNCC2)cc1OC. The van der Waals surface area contributed by atoms with Crippen molar-refractivity contribution in [2.45, 2.75) is 12.5 Å². The molecule has 1 saturated heterocycles. The number of methoxy groups -OCH3 is 2. The fourth-order valence-corrected chi connectivity index (χ4v) is 4.22. The van der Waals surface area contributed by atoms with Crippen LogP contribution in [0.15, 0.2) is 60.7 Å². The van der Waals surface area contributed by atoms with E-state index in [-0.39, 0.29) is 6.04 Å². The molecule has 146 valence electrons. The summed E-state index contributed by atoms with van der Waals surface area (Å²) in [6.45, 7) is 4.16. The number of ether oxygens (including phenoxy) is 2. The summed E-state index contributed by atoms with van der Waals surface area (Å²) in [5.41, 5.74) is 2.57. The van der Waals surface area contributed by atoms with Gasteiger partial charge in [-0.1, -0.05) is 48.5 Å². The topological polar surface area (TPSA) is 33.7 Å². The molecule has 3 aromatic rings. The Morgan fingerprint density at radius 3 is 2.54 bits per heavy atom. The lowest BCUT2D eigenvalue weighted by Crippen LogP contribution is -2.33. The van der Waals surface area contributed by atoms with Crippen molar-refractivity contribution in [1.29, 1.82) is 0 Å². The molecule has 0 radical (unpaired) electrons. The summed E-state index contributed by atoms with van der Waals surface area (Å²) in [6.07, 6.45) is 1.15. The second kappa shape index (κ2) is 8.63. The van der Waals surface area contributed by atoms with Gasteiger partial charge in [-0.25, -0.2) is 0 Å². The molecule has 1 aliphatic heterocycles. The molecule has 1 fully saturated rings. The Labute approximate surface area is 167 Å². The van der Waals surface area contributed by atoms with Crippen LogP contribution in [0.2, 0.25) is 0 Å². The first-order chi connectivity index (χ1) is 13.8. The van der Waals surface area contributed by atoms with Crippen LogP contribution >= 0.6 is 0 Å². The zero-order chi connectivity index (χ0) is 19.3. The van der Waals surface area contributed by atoms with Crippen LogP contribution in [-0.2, 0) is 0 Å². The first-order valence-electron chi connectivity index (χ1n) is 9.96. The third-order valence-electron chi connectivity index (χ3n) is 5.58. The standard InChI is InChI=1S/C24H28N2O2/c1-27-22-12-11-19(17-23(22)28-2)24(26-15-6-13-25-14-16-26)21-10-5-8-18-7-3-4-9-20(18)21/h3-5,7-12,17,24-25H,6,13-16H2,1-2H3. The van der Waals surface area contributed by atoms with Gasteiger partial charge in [0.2, 0.25) is 0 Å². The lowest BCUT2D eigenvalue weighted by Gasteiger charge is -2.32. The van der Waals surface area contributed by atoms with Gasteiger partial charge in [-0.15, -0.1) is 0 Å². The van der Waals surface area contributed by atoms with Gasteiger partial charge in [0.05, 0.1) is 20.3 Å². The summed E-state index contributed by atoms with van der Waals surface area (Å²) < 4.78 is 11.1. The van der Waals surface area contributed by atoms with Crippen LogP contribution in [0, 0.1) is 0 Å². The van der Waals surface area contributed by atoms with Crippen LogP contribution in [0.25, 0.3) is 10.8 Å². The van der Waals surface area contributed by atoms with Crippen LogP contribution in [0.4, 0.5) is 0 Å². The average molecular weight is 377 g/mol. The van der Waals surface area contributed by atoms with Crippen LogP contribution in [0.5, 0.6) is 11.5 Å². The first kappa shape index (κ1) is 18.8. The fourth-order valence-electron chi connectivity index (χ4n) is 4.22. The minimum absolute atomic E-state index is 0.172. The van der Waals surface area contributed by atoms with Gasteiger partial charge in [0, 0.05) is 19.6 Å². The highest BCUT2D eigenvalue weighted by Gasteiger charge is 2.25. The average Bonchev–Trinajstić information content (AvgIpc) is 3.03. The molecule has 28 heavy (non-hydrogen) atoms. The van der Waals surface area contributed by atoms with Crippen molar-refractivity contribution in [3.05, 3.63) is 71.8 Å². The predicted octanol–water partition coefficient (Wildman–Crippen LogP) is 4.24. The van der Waals surface area contributed by atoms with Crippen LogP contribution < -0.4 is 14.8 Å². The number of benzene rings is 3. The Hall–Kier alpha value is -2.56. The fraction of sp³-hybridized carbons (Fsp3) is 0.333. The highest BCUT2D eigenvalue weighted by Crippen LogP contribution is 2.38. The minimum Gasteiger partial charge on any atom is -0.493 e. The van der Waals surface area contributed by atoms with Gasteiger partial charge in [-0.05, 0) is 47.0 Å². The monoisotopic (exact) mass is 376 g/mol. The third kappa shape index (κ3) is 3.71. The summed E-state index contributed by atoms with van der Waals surface area (Å²) in [5.74, 6) is 1.54. The highest BCUT2D eigenvalue weighted by molar-refractivity contribution is 5.86. The molecule has 1 N–H and O–H groups in total. The molecule has 0 bridgehead atoms. The number of nitrogens with zero attached hydrogens (tertiary/aromatic N) is 1. The van der Waals surface area contributed by atoms with Crippen LogP contribution in [-0.4, -0.2) is 45.3 Å². The Kier molecular flexibility index (Phi) is 5.79. The second-order valence-electron chi connectivity index (χ2n) is 7.22. The number of hydrogen-bond donors (Lipinski definition) is 1. The molecule has 0 saturated carbocycles. The summed E-state index contributed by atoms with van der Waals surface area (Å²) >= 11 is 0. The normalized spacial score (nSPS) is 16.5. The Bertz CT molecular complexity index is 928. The van der Waals surface area contributed by atoms with Gasteiger partial charge in [0.25, 0.3) is 0 Å². The predicted molar refractivity (Wildman–Crippen MR) is 114 cm³/mol. The number of rotatable bonds is 5. The van der Waals surface area contributed by atoms with E-state index in [1.165, 1.54) is 21.9 Å². The van der Waals surface area contributed by atoms with E-state index >= 15 is 0 Å². The van der Waals surface area contributed by atoms with Gasteiger partial charge in [0.1, 0.15) is 0 Å². The molecule has 1 heterocycles. The maximum absolute atomic E-state index is 5.61. The molecular weight excluding hydrogens is 348 g/mol. The van der Waals surface area contributed by atoms with Crippen LogP contribution in [0.3, 0.4) is 0 Å². The van der Waals surface area contributed by atoms with E-state index in [1.54, 1.807) is 14.2 Å². The number of nitrogens with one attached hydrogen (secondary N) is 1. The van der Waals surface area contributed by atoms with Crippen molar-refractivity contribution in [2.75, 3.05) is 40.4 Å². The van der Waals surface area contributed by atoms with E-state index in [0.717, 1.165) is 44.1 Å². The Morgan fingerprint density at radius 1 is 0.857 bits per heavy atom. The lowest BCUT2D eigenvalue weighted by atomic mass is 9.92. The largest absolute Gasteiger partial charge is 0.493 e. The van der Waals surface area contributed by atoms with Gasteiger partial charge >= 0.3 is 0 Å². The van der Waals surface area contributed by atoms with E-state index in [1.807, 2.05) is 6.07 Å². The van der Waals surface area contributed by atoms with Crippen molar-refractivity contribution in [1.82, 2.24) is 10.2 Å². The van der Waals surface area contributed by atoms with Gasteiger partial charge in [0.15, 0.2) is 11.5 Å². The molecule has 1 atom stereocenters. The molecule has 0 aromatic heterocycles. The summed E-state index contributed by atoms with van der Waals surface area (Å²) in [5, 5.41) is 6.11. The summed E-state index contributed by atoms with van der Waals surface area (Å²) in [6, 6.07) is 21.8. The Morgan fingerprint density at radius 2 is 1.68 bits per heavy atom. The maximum atomic E-state index is 5.61. The van der Waals surface area contributed by atoms with E-state index in [4.69, 9.17) is 9.47 Å². The number of fused-ring (bicyclic) bond motifs is 1. The highest BCUT2D eigenvalue weighted by atomic mass is 16.5. The van der Waals surface area contributed by atoms with Gasteiger partial charge in [-0.2, -0.15) is 0 Å². The first-order valence-corrected chi connectivity index (χ1v) is 9.96. The molecule has 0 aliphatic carbocycles. The van der Waals surface area contributed by atoms with E-state index < -0.39 is 0 Å². The molecule has 4 heteroatoms. The molecule has 1 unspecified atom stereocenters. The van der Waals surface area contributed by atoms with Crippen molar-refractivity contribution in [3.8, 4) is 11.5 Å². The summed E-state index contributed by atoms with van der Waals surface area (Å²) in [7, 11) is 3.38. The summed E-state index contributed by atoms with van der Waals surface area (Å²) in [4.78, 5) is 2.59. The van der Waals surface area contributed by atoms with Gasteiger partial charge in [-0.3, -0.25) is 4.90 Å². The van der Waals surface area contributed by atoms with Crippen molar-refractivity contribution in [3.63, 3.8) is 0 Å². The molecule has 4 rings (SSSR count). The molecule has 1 aliphatic rings. The van der Waals surface area contributed by atoms with E-state index in [9.17, 15) is 0 Å².